The highest BCUT2D eigenvalue weighted by Crippen LogP contribution is 2.66. The highest BCUT2D eigenvalue weighted by atomic mass is 16.6. The SMILES string of the molecule is C=C(C)C(=O)OC1(C)C2CC3CC(C2)CC1C3.C=C(C)C(=O)OC1CCCCC1.C=C(C)C(=O)Oc1cccc2ccccc12.C=CC(=O)OC1CC2(C)CCC1C2(C)C. The van der Waals surface area contributed by atoms with E-state index in [0.29, 0.717) is 51.1 Å². The number of carbonyl (C=O) groups is 4. The Kier molecular flexibility index (Phi) is 15.1. The Balaban J connectivity index is 0.000000153. The standard InChI is InChI=1S/C15H22O2.C14H12O2.C13H20O2.C10H16O2/c1-9(2)14(16)17-15(3)12-5-10-4-11(7-12)8-13(15)6-10;1-10(2)14(15)16-13-9-5-7-11-6-3-4-8-12(11)13;1-5-11(14)15-10-8-13(4)7-6-9(10)12(13,2)3;1-8(2)10(11)12-9-6-4-3-5-7-9/h10-13H,1,4-8H2,2-3H3;3-9H,1H2,2H3;5,9-10H,1,6-8H2,2-4H3;9H,1,3-7H2,2H3. The zero-order chi connectivity index (χ0) is 44.0. The molecule has 3 atom stereocenters. The van der Waals surface area contributed by atoms with Crippen molar-refractivity contribution >= 4 is 34.6 Å². The Morgan fingerprint density at radius 2 is 1.25 bits per heavy atom. The van der Waals surface area contributed by atoms with E-state index in [1.165, 1.54) is 70.3 Å². The quantitative estimate of drug-likeness (QED) is 0.112. The first-order valence-electron chi connectivity index (χ1n) is 22.2. The Bertz CT molecular complexity index is 1910. The van der Waals surface area contributed by atoms with Gasteiger partial charge < -0.3 is 18.9 Å². The summed E-state index contributed by atoms with van der Waals surface area (Å²) in [6.45, 7) is 28.4. The van der Waals surface area contributed by atoms with Crippen molar-refractivity contribution in [3.63, 3.8) is 0 Å². The van der Waals surface area contributed by atoms with E-state index >= 15 is 0 Å². The molecule has 0 aromatic heterocycles. The third-order valence-corrected chi connectivity index (χ3v) is 14.9. The van der Waals surface area contributed by atoms with Crippen molar-refractivity contribution in [1.29, 1.82) is 0 Å². The maximum absolute atomic E-state index is 11.8. The molecule has 7 saturated carbocycles. The van der Waals surface area contributed by atoms with E-state index in [1.54, 1.807) is 26.8 Å². The predicted octanol–water partition coefficient (Wildman–Crippen LogP) is 12.0. The number of benzene rings is 2. The predicted molar refractivity (Wildman–Crippen MR) is 238 cm³/mol. The van der Waals surface area contributed by atoms with Crippen molar-refractivity contribution in [3.05, 3.63) is 91.6 Å². The fraction of sp³-hybridized carbons (Fsp3) is 0.577. The van der Waals surface area contributed by atoms with Gasteiger partial charge in [-0.3, -0.25) is 0 Å². The molecule has 0 spiro atoms. The molecular formula is C52H70O8. The van der Waals surface area contributed by atoms with Gasteiger partial charge in [-0.1, -0.05) is 89.9 Å². The molecule has 0 saturated heterocycles. The van der Waals surface area contributed by atoms with Gasteiger partial charge in [0.2, 0.25) is 0 Å². The number of hydrogen-bond acceptors (Lipinski definition) is 8. The van der Waals surface area contributed by atoms with Crippen LogP contribution in [0.2, 0.25) is 0 Å². The lowest BCUT2D eigenvalue weighted by Crippen LogP contribution is -2.58. The summed E-state index contributed by atoms with van der Waals surface area (Å²) in [5.41, 5.74) is 1.88. The number of fused-ring (bicyclic) bond motifs is 3. The van der Waals surface area contributed by atoms with E-state index in [-0.39, 0.29) is 35.7 Å². The van der Waals surface area contributed by atoms with Crippen LogP contribution >= 0.6 is 0 Å². The first-order chi connectivity index (χ1) is 28.3. The molecule has 3 unspecified atom stereocenters. The Labute approximate surface area is 359 Å². The molecule has 8 nitrogen and oxygen atoms in total. The first-order valence-corrected chi connectivity index (χ1v) is 22.2. The number of hydrogen-bond donors (Lipinski definition) is 0. The van der Waals surface area contributed by atoms with Gasteiger partial charge in [0.1, 0.15) is 23.6 Å². The van der Waals surface area contributed by atoms with E-state index < -0.39 is 5.97 Å². The second-order valence-corrected chi connectivity index (χ2v) is 19.6. The Morgan fingerprint density at radius 3 is 1.77 bits per heavy atom. The lowest BCUT2D eigenvalue weighted by atomic mass is 9.50. The largest absolute Gasteiger partial charge is 0.459 e. The van der Waals surface area contributed by atoms with Crippen LogP contribution in [0.15, 0.2) is 91.6 Å². The average molecular weight is 823 g/mol. The topological polar surface area (TPSA) is 105 Å². The third kappa shape index (κ3) is 10.7. The molecule has 7 aliphatic carbocycles. The molecule has 60 heavy (non-hydrogen) atoms. The van der Waals surface area contributed by atoms with Gasteiger partial charge in [0.15, 0.2) is 0 Å². The van der Waals surface area contributed by atoms with Gasteiger partial charge in [-0.25, -0.2) is 19.2 Å². The van der Waals surface area contributed by atoms with Gasteiger partial charge in [-0.2, -0.15) is 0 Å². The number of carbonyl (C=O) groups excluding carboxylic acids is 4. The lowest BCUT2D eigenvalue weighted by Gasteiger charge is -2.59. The molecule has 2 aromatic carbocycles. The van der Waals surface area contributed by atoms with Gasteiger partial charge in [0.05, 0.1) is 0 Å². The number of esters is 4. The minimum absolute atomic E-state index is 0.115. The smallest absolute Gasteiger partial charge is 0.338 e. The molecule has 0 radical (unpaired) electrons. The summed E-state index contributed by atoms with van der Waals surface area (Å²) in [7, 11) is 0. The van der Waals surface area contributed by atoms with Gasteiger partial charge >= 0.3 is 23.9 Å². The molecule has 0 N–H and O–H groups in total. The zero-order valence-electron chi connectivity index (χ0n) is 37.4. The molecule has 6 bridgehead atoms. The fourth-order valence-corrected chi connectivity index (χ4v) is 11.0. The van der Waals surface area contributed by atoms with Gasteiger partial charge in [0.25, 0.3) is 0 Å². The first kappa shape index (κ1) is 46.6. The van der Waals surface area contributed by atoms with Crippen LogP contribution in [-0.2, 0) is 33.4 Å². The van der Waals surface area contributed by atoms with Crippen LogP contribution in [0.3, 0.4) is 0 Å². The number of rotatable bonds is 8. The zero-order valence-corrected chi connectivity index (χ0v) is 37.4. The average Bonchev–Trinajstić information content (AvgIpc) is 3.54. The van der Waals surface area contributed by atoms with Crippen molar-refractivity contribution in [2.45, 2.75) is 150 Å². The van der Waals surface area contributed by atoms with E-state index in [9.17, 15) is 19.2 Å². The molecule has 0 heterocycles. The van der Waals surface area contributed by atoms with Crippen molar-refractivity contribution < 1.29 is 38.1 Å². The van der Waals surface area contributed by atoms with Gasteiger partial charge in [0, 0.05) is 34.1 Å². The molecule has 8 heteroatoms. The molecule has 7 aliphatic rings. The molecule has 7 fully saturated rings. The Hall–Kier alpha value is -4.46. The molecule has 0 aliphatic heterocycles. The summed E-state index contributed by atoms with van der Waals surface area (Å²) in [5, 5.41) is 1.98. The molecule has 0 amide bonds. The normalized spacial score (nSPS) is 30.1. The van der Waals surface area contributed by atoms with Crippen molar-refractivity contribution in [2.75, 3.05) is 0 Å². The fourth-order valence-electron chi connectivity index (χ4n) is 11.0. The van der Waals surface area contributed by atoms with E-state index in [1.807, 2.05) is 36.4 Å². The molecular weight excluding hydrogens is 753 g/mol. The van der Waals surface area contributed by atoms with Crippen LogP contribution < -0.4 is 4.74 Å². The lowest BCUT2D eigenvalue weighted by molar-refractivity contribution is -0.199. The second kappa shape index (κ2) is 19.5. The van der Waals surface area contributed by atoms with E-state index in [0.717, 1.165) is 41.9 Å². The second-order valence-electron chi connectivity index (χ2n) is 19.6. The van der Waals surface area contributed by atoms with E-state index in [2.05, 4.69) is 54.0 Å². The van der Waals surface area contributed by atoms with Crippen LogP contribution in [0.1, 0.15) is 132 Å². The van der Waals surface area contributed by atoms with Gasteiger partial charge in [-0.05, 0) is 151 Å². The van der Waals surface area contributed by atoms with E-state index in [4.69, 9.17) is 18.9 Å². The maximum atomic E-state index is 11.8. The molecule has 326 valence electrons. The summed E-state index contributed by atoms with van der Waals surface area (Å²) in [6, 6.07) is 13.4. The summed E-state index contributed by atoms with van der Waals surface area (Å²) >= 11 is 0. The van der Waals surface area contributed by atoms with Crippen molar-refractivity contribution in [3.8, 4) is 5.75 Å². The highest BCUT2D eigenvalue weighted by molar-refractivity contribution is 5.94. The minimum Gasteiger partial charge on any atom is -0.459 e. The molecule has 9 rings (SSSR count). The van der Waals surface area contributed by atoms with Crippen LogP contribution in [0.4, 0.5) is 0 Å². The third-order valence-electron chi connectivity index (χ3n) is 14.9. The molecule has 2 aromatic rings. The highest BCUT2D eigenvalue weighted by Gasteiger charge is 2.62. The van der Waals surface area contributed by atoms with Gasteiger partial charge in [-0.15, -0.1) is 0 Å². The summed E-state index contributed by atoms with van der Waals surface area (Å²) in [6.07, 6.45) is 17.2. The summed E-state index contributed by atoms with van der Waals surface area (Å²) in [5.74, 6) is 3.04. The Morgan fingerprint density at radius 1 is 0.683 bits per heavy atom. The van der Waals surface area contributed by atoms with Crippen molar-refractivity contribution in [1.82, 2.24) is 0 Å². The maximum Gasteiger partial charge on any atom is 0.338 e. The minimum atomic E-state index is -0.392. The summed E-state index contributed by atoms with van der Waals surface area (Å²) in [4.78, 5) is 45.6. The summed E-state index contributed by atoms with van der Waals surface area (Å²) < 4.78 is 21.7. The van der Waals surface area contributed by atoms with Crippen LogP contribution in [0.5, 0.6) is 5.75 Å². The monoisotopic (exact) mass is 823 g/mol. The van der Waals surface area contributed by atoms with Crippen LogP contribution in [0.25, 0.3) is 10.8 Å². The van der Waals surface area contributed by atoms with Crippen LogP contribution in [-0.4, -0.2) is 41.7 Å². The van der Waals surface area contributed by atoms with Crippen LogP contribution in [0, 0.1) is 40.4 Å². The number of ether oxygens (including phenoxy) is 4. The van der Waals surface area contributed by atoms with Crippen molar-refractivity contribution in [2.24, 2.45) is 40.4 Å².